The number of hydrazine groups is 2. The van der Waals surface area contributed by atoms with E-state index < -0.39 is 41.2 Å². The molecule has 6 atom stereocenters. The molecular weight excluding hydrogens is 948 g/mol. The van der Waals surface area contributed by atoms with Gasteiger partial charge in [-0.1, -0.05) is 73.1 Å². The van der Waals surface area contributed by atoms with Crippen LogP contribution in [0.25, 0.3) is 0 Å². The van der Waals surface area contributed by atoms with Crippen molar-refractivity contribution in [2.45, 2.75) is 129 Å². The van der Waals surface area contributed by atoms with E-state index in [1.54, 1.807) is 25.7 Å². The van der Waals surface area contributed by atoms with E-state index >= 15 is 0 Å². The van der Waals surface area contributed by atoms with Crippen LogP contribution in [0, 0.1) is 11.8 Å². The van der Waals surface area contributed by atoms with Crippen molar-refractivity contribution in [2.24, 2.45) is 17.7 Å². The fraction of sp³-hybridized carbons (Fsp3) is 0.583. The Morgan fingerprint density at radius 2 is 1.04 bits per heavy atom. The number of piperidine rings is 2. The largest absolute Gasteiger partial charge is 1.00 e. The summed E-state index contributed by atoms with van der Waals surface area (Å²) in [5.74, 6) is 3.31. The maximum absolute atomic E-state index is 12.9. The summed E-state index contributed by atoms with van der Waals surface area (Å²) >= 11 is 0. The van der Waals surface area contributed by atoms with Gasteiger partial charge in [-0.15, -0.1) is 0 Å². The van der Waals surface area contributed by atoms with E-state index in [0.29, 0.717) is 71.4 Å². The minimum absolute atomic E-state index is 0. The molecule has 390 valence electrons. The topological polar surface area (TPSA) is 285 Å². The molecule has 0 aliphatic carbocycles. The molecule has 6 aliphatic rings. The second-order valence-corrected chi connectivity index (χ2v) is 20.0. The first-order valence-electron chi connectivity index (χ1n) is 23.7. The maximum atomic E-state index is 12.9. The molecule has 0 saturated carbocycles. The van der Waals surface area contributed by atoms with E-state index in [1.807, 2.05) is 87.7 Å². The van der Waals surface area contributed by atoms with E-state index in [-0.39, 0.29) is 96.2 Å². The quantitative estimate of drug-likeness (QED) is 0.0822. The second kappa shape index (κ2) is 26.4. The number of likely N-dealkylation sites (tertiary alicyclic amines) is 2. The van der Waals surface area contributed by atoms with E-state index in [2.05, 4.69) is 16.3 Å². The number of carbonyl (C=O) groups is 7. The summed E-state index contributed by atoms with van der Waals surface area (Å²) < 4.78 is 10.6. The molecule has 4 bridgehead atoms. The van der Waals surface area contributed by atoms with Crippen LogP contribution in [0.3, 0.4) is 0 Å². The van der Waals surface area contributed by atoms with Gasteiger partial charge < -0.3 is 39.3 Å². The molecule has 0 aromatic heterocycles. The number of urea groups is 2. The van der Waals surface area contributed by atoms with E-state index in [1.165, 1.54) is 24.8 Å². The molecule has 6 aliphatic heterocycles. The number of hydrogen-bond donors (Lipinski definition) is 4. The predicted octanol–water partition coefficient (Wildman–Crippen LogP) is 0.348. The molecule has 6 heterocycles. The monoisotopic (exact) mass is 1020 g/mol. The number of nitrogens with zero attached hydrogens (tertiary/aromatic N) is 6. The van der Waals surface area contributed by atoms with Crippen molar-refractivity contribution in [3.63, 3.8) is 0 Å². The summed E-state index contributed by atoms with van der Waals surface area (Å²) in [6.07, 6.45) is 4.75. The van der Waals surface area contributed by atoms with Crippen LogP contribution in [-0.4, -0.2) is 158 Å². The van der Waals surface area contributed by atoms with E-state index in [9.17, 15) is 38.4 Å². The fourth-order valence-electron chi connectivity index (χ4n) is 8.79. The molecule has 24 heteroatoms. The summed E-state index contributed by atoms with van der Waals surface area (Å²) in [7, 11) is 0. The zero-order valence-corrected chi connectivity index (χ0v) is 44.2. The van der Waals surface area contributed by atoms with Crippen molar-refractivity contribution in [3.05, 3.63) is 71.8 Å². The van der Waals surface area contributed by atoms with Crippen LogP contribution in [-0.2, 0) is 51.5 Å². The van der Waals surface area contributed by atoms with Crippen LogP contribution in [0.1, 0.15) is 91.2 Å². The summed E-state index contributed by atoms with van der Waals surface area (Å²) in [5, 5.41) is 2.78. The van der Waals surface area contributed by atoms with Crippen molar-refractivity contribution in [3.8, 4) is 0 Å². The standard InChI is InChI=1S/C24H33N5O6.C14H15N2O3.C10H19N3O3.Na.H2O/c1-24(2,3)35-23(33)27-12-11-17(13-27)20(30)25-26-21(31)19-10-9-18-14-28(19)22(32)29(18)34-15-16-7-5-4-6-8-16;17-9-13-7-6-12-8-15(13)14(18)16(12)19-10-11-4-2-1-3-5-11;1-10(2,3)16-9(15)13-5-4-7(6-13)8(14)12-11;;/h4-8,17-19H,9-15H2,1-3H3,(H,25,30)(H,26,31);1-5,12-13H,6-8,10H2;7H,4-6,11H2,1-3H3,(H,12,14);;1H2/q;-1;;+1;/p-1/t17-,18-,19+;12-,13+;7-;;/m111../s1. The average molecular weight is 1020 g/mol. The minimum atomic E-state index is -0.689. The Balaban J connectivity index is 0.000000256. The van der Waals surface area contributed by atoms with Gasteiger partial charge in [-0.2, -0.15) is 10.1 Å². The first kappa shape index (κ1) is 59.0. The molecule has 6 fully saturated rings. The van der Waals surface area contributed by atoms with Gasteiger partial charge >= 0.3 is 53.8 Å². The molecule has 6 saturated heterocycles. The van der Waals surface area contributed by atoms with Gasteiger partial charge in [-0.3, -0.25) is 40.3 Å². The maximum Gasteiger partial charge on any atom is 1.00 e. The molecule has 2 aromatic rings. The molecule has 0 spiro atoms. The van der Waals surface area contributed by atoms with Gasteiger partial charge in [0.05, 0.1) is 23.9 Å². The van der Waals surface area contributed by atoms with Crippen molar-refractivity contribution in [1.29, 1.82) is 0 Å². The van der Waals surface area contributed by atoms with Crippen molar-refractivity contribution in [1.82, 2.24) is 46.0 Å². The van der Waals surface area contributed by atoms with Gasteiger partial charge in [-0.25, -0.2) is 31.3 Å². The van der Waals surface area contributed by atoms with Crippen molar-refractivity contribution >= 4 is 48.3 Å². The van der Waals surface area contributed by atoms with Crippen molar-refractivity contribution < 1.29 is 92.5 Å². The van der Waals surface area contributed by atoms with Crippen LogP contribution in [0.5, 0.6) is 0 Å². The molecular formula is C48H68N10NaO13-. The Kier molecular flexibility index (Phi) is 21.6. The second-order valence-electron chi connectivity index (χ2n) is 20.0. The summed E-state index contributed by atoms with van der Waals surface area (Å²) in [5.41, 5.74) is 7.87. The van der Waals surface area contributed by atoms with Gasteiger partial charge in [-0.05, 0) is 84.8 Å². The van der Waals surface area contributed by atoms with Gasteiger partial charge in [0.1, 0.15) is 30.5 Å². The number of fused-ring (bicyclic) bond motifs is 4. The SMILES string of the molecule is CC(C)(C)OC(=O)N1CC[C@@H](C(=O)NN)C1.CC(C)(C)OC(=O)N1CC[C@@H](C(=O)NNC(=O)[C@@H]2CC[C@@H]3CN2C(=O)N3OCc2ccccc2)C1.O=[C-][C@@H]1CC[C@@H]2CN1C(=O)N2OCc1ccccc1.[Na+].[OH-]. The number of nitrogens with one attached hydrogen (secondary N) is 3. The zero-order valence-electron chi connectivity index (χ0n) is 42.2. The third-order valence-corrected chi connectivity index (χ3v) is 12.4. The first-order valence-corrected chi connectivity index (χ1v) is 23.7. The third-order valence-electron chi connectivity index (χ3n) is 12.4. The van der Waals surface area contributed by atoms with Crippen LogP contribution in [0.15, 0.2) is 60.7 Å². The van der Waals surface area contributed by atoms with Crippen LogP contribution < -0.4 is 51.7 Å². The summed E-state index contributed by atoms with van der Waals surface area (Å²) in [4.78, 5) is 114. The number of hydroxylamine groups is 4. The molecule has 8 rings (SSSR count). The van der Waals surface area contributed by atoms with E-state index in [4.69, 9.17) is 25.0 Å². The number of rotatable bonds is 10. The van der Waals surface area contributed by atoms with E-state index in [0.717, 1.165) is 17.5 Å². The van der Waals surface area contributed by atoms with Gasteiger partial charge in [0.25, 0.3) is 5.91 Å². The molecule has 2 aromatic carbocycles. The van der Waals surface area contributed by atoms with Crippen molar-refractivity contribution in [2.75, 3.05) is 39.3 Å². The molecule has 0 radical (unpaired) electrons. The fourth-order valence-corrected chi connectivity index (χ4v) is 8.79. The number of amides is 9. The number of nitrogens with two attached hydrogens (primary N) is 1. The summed E-state index contributed by atoms with van der Waals surface area (Å²) in [6.45, 7) is 13.9. The average Bonchev–Trinajstić information content (AvgIpc) is 4.13. The predicted molar refractivity (Wildman–Crippen MR) is 252 cm³/mol. The molecule has 0 unspecified atom stereocenters. The first-order chi connectivity index (χ1) is 33.2. The third kappa shape index (κ3) is 16.0. The Labute approximate surface area is 442 Å². The van der Waals surface area contributed by atoms with Crippen LogP contribution in [0.2, 0.25) is 0 Å². The molecule has 72 heavy (non-hydrogen) atoms. The number of carbonyl (C=O) groups excluding carboxylic acids is 8. The number of hydrogen-bond acceptors (Lipinski definition) is 14. The Hall–Kier alpha value is -5.56. The summed E-state index contributed by atoms with van der Waals surface area (Å²) in [6, 6.07) is 17.6. The van der Waals surface area contributed by atoms with Gasteiger partial charge in [0, 0.05) is 39.3 Å². The van der Waals surface area contributed by atoms with Gasteiger partial charge in [0.2, 0.25) is 11.8 Å². The minimum Gasteiger partial charge on any atom is -0.870 e. The Morgan fingerprint density at radius 3 is 1.50 bits per heavy atom. The molecule has 6 N–H and O–H groups in total. The van der Waals surface area contributed by atoms with Crippen LogP contribution >= 0.6 is 0 Å². The number of benzene rings is 2. The Morgan fingerprint density at radius 1 is 0.611 bits per heavy atom. The Bertz CT molecular complexity index is 2180. The zero-order chi connectivity index (χ0) is 50.8. The van der Waals surface area contributed by atoms with Gasteiger partial charge in [0.15, 0.2) is 0 Å². The van der Waals surface area contributed by atoms with Crippen LogP contribution in [0.4, 0.5) is 19.2 Å². The molecule has 23 nitrogen and oxygen atoms in total. The smallest absolute Gasteiger partial charge is 0.870 e. The normalized spacial score (nSPS) is 23.0. The molecule has 9 amide bonds. The number of ether oxygens (including phenoxy) is 2.